The van der Waals surface area contributed by atoms with Gasteiger partial charge in [0.2, 0.25) is 0 Å². The Morgan fingerprint density at radius 1 is 1.30 bits per heavy atom. The van der Waals surface area contributed by atoms with Crippen LogP contribution >= 0.6 is 11.3 Å². The number of carbonyl (C=O) groups is 1. The molecule has 0 amide bonds. The van der Waals surface area contributed by atoms with Crippen LogP contribution in [-0.4, -0.2) is 49.1 Å². The van der Waals surface area contributed by atoms with Crippen molar-refractivity contribution in [3.63, 3.8) is 0 Å². The Hall–Kier alpha value is -0.960. The van der Waals surface area contributed by atoms with Gasteiger partial charge < -0.3 is 10.2 Å². The van der Waals surface area contributed by atoms with E-state index < -0.39 is 16.0 Å². The quantitative estimate of drug-likeness (QED) is 0.666. The number of aliphatic hydroxyl groups excluding tert-OH is 1. The molecule has 0 bridgehead atoms. The van der Waals surface area contributed by atoms with Gasteiger partial charge in [-0.25, -0.2) is 12.7 Å². The maximum atomic E-state index is 12.2. The second-order valence-corrected chi connectivity index (χ2v) is 7.84. The van der Waals surface area contributed by atoms with Crippen LogP contribution in [0.3, 0.4) is 0 Å². The minimum Gasteiger partial charge on any atom is -0.481 e. The molecule has 1 rings (SSSR count). The van der Waals surface area contributed by atoms with Gasteiger partial charge in [-0.15, -0.1) is 11.3 Å². The number of nitrogens with zero attached hydrogens (tertiary/aromatic N) is 1. The smallest absolute Gasteiger partial charge is 0.308 e. The topological polar surface area (TPSA) is 94.9 Å². The summed E-state index contributed by atoms with van der Waals surface area (Å²) in [4.78, 5) is 11.1. The highest BCUT2D eigenvalue weighted by molar-refractivity contribution is 7.91. The maximum absolute atomic E-state index is 12.2. The van der Waals surface area contributed by atoms with E-state index in [1.54, 1.807) is 0 Å². The standard InChI is InChI=1S/C12H19NO5S2/c1-13(7-3-2-4-8-14)20(17,18)12-6-5-10(19-12)9-11(15)16/h5-6,14H,2-4,7-9H2,1H3,(H,15,16). The molecule has 114 valence electrons. The highest BCUT2D eigenvalue weighted by atomic mass is 32.2. The molecule has 1 aromatic heterocycles. The summed E-state index contributed by atoms with van der Waals surface area (Å²) in [5.41, 5.74) is 0. The highest BCUT2D eigenvalue weighted by Crippen LogP contribution is 2.24. The zero-order valence-corrected chi connectivity index (χ0v) is 12.9. The van der Waals surface area contributed by atoms with Crippen LogP contribution < -0.4 is 0 Å². The number of hydrogen-bond donors (Lipinski definition) is 2. The lowest BCUT2D eigenvalue weighted by Crippen LogP contribution is -2.27. The summed E-state index contributed by atoms with van der Waals surface area (Å²) in [7, 11) is -2.04. The van der Waals surface area contributed by atoms with E-state index in [9.17, 15) is 13.2 Å². The zero-order chi connectivity index (χ0) is 15.2. The number of carboxylic acid groups (broad SMARTS) is 1. The summed E-state index contributed by atoms with van der Waals surface area (Å²) in [5, 5.41) is 17.3. The van der Waals surface area contributed by atoms with E-state index >= 15 is 0 Å². The average Bonchev–Trinajstić information content (AvgIpc) is 2.82. The van der Waals surface area contributed by atoms with Crippen LogP contribution in [-0.2, 0) is 21.2 Å². The summed E-state index contributed by atoms with van der Waals surface area (Å²) in [5.74, 6) is -0.979. The molecule has 0 spiro atoms. The normalized spacial score (nSPS) is 11.9. The van der Waals surface area contributed by atoms with Gasteiger partial charge in [-0.2, -0.15) is 0 Å². The Morgan fingerprint density at radius 2 is 2.00 bits per heavy atom. The first kappa shape index (κ1) is 17.1. The first-order valence-electron chi connectivity index (χ1n) is 6.25. The second kappa shape index (κ2) is 7.72. The van der Waals surface area contributed by atoms with E-state index in [4.69, 9.17) is 10.2 Å². The lowest BCUT2D eigenvalue weighted by atomic mass is 10.2. The summed E-state index contributed by atoms with van der Waals surface area (Å²) >= 11 is 0.990. The van der Waals surface area contributed by atoms with Crippen molar-refractivity contribution in [2.24, 2.45) is 0 Å². The first-order valence-corrected chi connectivity index (χ1v) is 8.51. The monoisotopic (exact) mass is 321 g/mol. The molecule has 0 fully saturated rings. The van der Waals surface area contributed by atoms with Crippen molar-refractivity contribution in [1.82, 2.24) is 4.31 Å². The molecule has 0 radical (unpaired) electrons. The van der Waals surface area contributed by atoms with Gasteiger partial charge in [-0.05, 0) is 31.4 Å². The fraction of sp³-hybridized carbons (Fsp3) is 0.583. The zero-order valence-electron chi connectivity index (χ0n) is 11.3. The number of hydrogen-bond acceptors (Lipinski definition) is 5. The average molecular weight is 321 g/mol. The Labute approximate surface area is 122 Å². The minimum absolute atomic E-state index is 0.111. The van der Waals surface area contributed by atoms with Gasteiger partial charge in [0.25, 0.3) is 10.0 Å². The van der Waals surface area contributed by atoms with Crippen LogP contribution in [0.5, 0.6) is 0 Å². The molecular formula is C12H19NO5S2. The predicted molar refractivity (Wildman–Crippen MR) is 76.4 cm³/mol. The lowest BCUT2D eigenvalue weighted by molar-refractivity contribution is -0.136. The third-order valence-electron chi connectivity index (χ3n) is 2.76. The molecule has 0 aromatic carbocycles. The van der Waals surface area contributed by atoms with E-state index in [2.05, 4.69) is 0 Å². The van der Waals surface area contributed by atoms with Gasteiger partial charge >= 0.3 is 5.97 Å². The van der Waals surface area contributed by atoms with Crippen LogP contribution in [0, 0.1) is 0 Å². The molecule has 8 heteroatoms. The van der Waals surface area contributed by atoms with Gasteiger partial charge in [0.05, 0.1) is 6.42 Å². The van der Waals surface area contributed by atoms with Crippen LogP contribution in [0.25, 0.3) is 0 Å². The largest absolute Gasteiger partial charge is 0.481 e. The van der Waals surface area contributed by atoms with Gasteiger partial charge in [-0.1, -0.05) is 0 Å². The van der Waals surface area contributed by atoms with Crippen molar-refractivity contribution >= 4 is 27.3 Å². The maximum Gasteiger partial charge on any atom is 0.308 e. The fourth-order valence-corrected chi connectivity index (χ4v) is 4.40. The van der Waals surface area contributed by atoms with E-state index in [1.807, 2.05) is 0 Å². The minimum atomic E-state index is -3.54. The third-order valence-corrected chi connectivity index (χ3v) is 6.17. The fourth-order valence-electron chi connectivity index (χ4n) is 1.64. The summed E-state index contributed by atoms with van der Waals surface area (Å²) in [6.07, 6.45) is 1.95. The van der Waals surface area contributed by atoms with Gasteiger partial charge in [-0.3, -0.25) is 4.79 Å². The van der Waals surface area contributed by atoms with E-state index in [0.29, 0.717) is 24.3 Å². The molecule has 2 N–H and O–H groups in total. The molecule has 6 nitrogen and oxygen atoms in total. The molecule has 1 heterocycles. The van der Waals surface area contributed by atoms with Gasteiger partial charge in [0.15, 0.2) is 0 Å². The van der Waals surface area contributed by atoms with E-state index in [1.165, 1.54) is 23.5 Å². The number of aliphatic hydroxyl groups is 1. The Kier molecular flexibility index (Phi) is 6.60. The van der Waals surface area contributed by atoms with Crippen molar-refractivity contribution in [2.75, 3.05) is 20.2 Å². The number of unbranched alkanes of at least 4 members (excludes halogenated alkanes) is 2. The molecule has 0 saturated carbocycles. The Morgan fingerprint density at radius 3 is 2.60 bits per heavy atom. The molecule has 0 saturated heterocycles. The highest BCUT2D eigenvalue weighted by Gasteiger charge is 2.22. The molecule has 0 unspecified atom stereocenters. The number of aliphatic carboxylic acids is 1. The van der Waals surface area contributed by atoms with Crippen molar-refractivity contribution in [3.05, 3.63) is 17.0 Å². The van der Waals surface area contributed by atoms with Gasteiger partial charge in [0, 0.05) is 25.1 Å². The molecule has 0 aliphatic rings. The van der Waals surface area contributed by atoms with Crippen LogP contribution in [0.4, 0.5) is 0 Å². The first-order chi connectivity index (χ1) is 9.37. The lowest BCUT2D eigenvalue weighted by Gasteiger charge is -2.15. The van der Waals surface area contributed by atoms with Crippen molar-refractivity contribution in [2.45, 2.75) is 29.9 Å². The predicted octanol–water partition coefficient (Wildman–Crippen LogP) is 1.16. The number of thiophene rings is 1. The van der Waals surface area contributed by atoms with Crippen LogP contribution in [0.15, 0.2) is 16.3 Å². The number of rotatable bonds is 9. The number of carboxylic acids is 1. The summed E-state index contributed by atoms with van der Waals surface area (Å²) < 4.78 is 25.9. The second-order valence-electron chi connectivity index (χ2n) is 4.40. The van der Waals surface area contributed by atoms with E-state index in [0.717, 1.165) is 17.8 Å². The van der Waals surface area contributed by atoms with Crippen molar-refractivity contribution in [3.8, 4) is 0 Å². The summed E-state index contributed by atoms with van der Waals surface area (Å²) in [6.45, 7) is 0.494. The molecule has 0 aliphatic carbocycles. The molecule has 0 atom stereocenters. The SMILES string of the molecule is CN(CCCCCO)S(=O)(=O)c1ccc(CC(=O)O)s1. The third kappa shape index (κ3) is 4.86. The van der Waals surface area contributed by atoms with Crippen LogP contribution in [0.2, 0.25) is 0 Å². The molecule has 20 heavy (non-hydrogen) atoms. The van der Waals surface area contributed by atoms with Crippen molar-refractivity contribution < 1.29 is 23.4 Å². The van der Waals surface area contributed by atoms with Gasteiger partial charge in [0.1, 0.15) is 4.21 Å². The molecule has 1 aromatic rings. The summed E-state index contributed by atoms with van der Waals surface area (Å²) in [6, 6.07) is 2.98. The number of sulfonamides is 1. The Balaban J connectivity index is 2.67. The molecule has 0 aliphatic heterocycles. The van der Waals surface area contributed by atoms with E-state index in [-0.39, 0.29) is 17.2 Å². The molecular weight excluding hydrogens is 302 g/mol. The van der Waals surface area contributed by atoms with Crippen molar-refractivity contribution in [1.29, 1.82) is 0 Å². The Bertz CT molecular complexity index is 538. The van der Waals surface area contributed by atoms with Crippen LogP contribution in [0.1, 0.15) is 24.1 Å².